The Morgan fingerprint density at radius 2 is 1.87 bits per heavy atom. The van der Waals surface area contributed by atoms with Gasteiger partial charge in [0.1, 0.15) is 5.75 Å². The van der Waals surface area contributed by atoms with Crippen LogP contribution in [-0.4, -0.2) is 7.11 Å². The SMILES string of the molecule is C=C(C=CC)C=Cc1ccc(OC)cc1. The maximum Gasteiger partial charge on any atom is 0.118 e. The minimum absolute atomic E-state index is 0.874. The summed E-state index contributed by atoms with van der Waals surface area (Å²) in [6, 6.07) is 7.91. The second-order valence-corrected chi connectivity index (χ2v) is 3.18. The third kappa shape index (κ3) is 3.86. The van der Waals surface area contributed by atoms with Crippen LogP contribution in [-0.2, 0) is 0 Å². The lowest BCUT2D eigenvalue weighted by Crippen LogP contribution is -1.81. The van der Waals surface area contributed by atoms with Crippen molar-refractivity contribution in [2.75, 3.05) is 7.11 Å². The van der Waals surface area contributed by atoms with Crippen molar-refractivity contribution in [1.82, 2.24) is 0 Å². The van der Waals surface area contributed by atoms with Gasteiger partial charge in [0.15, 0.2) is 0 Å². The topological polar surface area (TPSA) is 9.23 Å². The molecule has 0 fully saturated rings. The fourth-order valence-corrected chi connectivity index (χ4v) is 1.19. The second-order valence-electron chi connectivity index (χ2n) is 3.18. The molecule has 0 aromatic heterocycles. The van der Waals surface area contributed by atoms with E-state index in [4.69, 9.17) is 4.74 Å². The van der Waals surface area contributed by atoms with Crippen LogP contribution in [0.5, 0.6) is 5.75 Å². The van der Waals surface area contributed by atoms with Crippen molar-refractivity contribution >= 4 is 6.08 Å². The highest BCUT2D eigenvalue weighted by Crippen LogP contribution is 2.13. The Morgan fingerprint density at radius 1 is 1.20 bits per heavy atom. The van der Waals surface area contributed by atoms with Crippen LogP contribution in [0.4, 0.5) is 0 Å². The van der Waals surface area contributed by atoms with Crippen LogP contribution in [0, 0.1) is 0 Å². The number of ether oxygens (including phenoxy) is 1. The first-order chi connectivity index (χ1) is 7.26. The van der Waals surface area contributed by atoms with Crippen molar-refractivity contribution in [1.29, 1.82) is 0 Å². The molecule has 0 atom stereocenters. The van der Waals surface area contributed by atoms with Crippen molar-refractivity contribution in [3.8, 4) is 5.75 Å². The molecule has 15 heavy (non-hydrogen) atoms. The molecule has 0 radical (unpaired) electrons. The fourth-order valence-electron chi connectivity index (χ4n) is 1.19. The average molecular weight is 200 g/mol. The first-order valence-electron chi connectivity index (χ1n) is 4.90. The van der Waals surface area contributed by atoms with Crippen molar-refractivity contribution in [3.63, 3.8) is 0 Å². The molecule has 1 aromatic carbocycles. The van der Waals surface area contributed by atoms with E-state index in [1.165, 1.54) is 0 Å². The summed E-state index contributed by atoms with van der Waals surface area (Å²) in [5, 5.41) is 0. The van der Waals surface area contributed by atoms with Gasteiger partial charge in [0.2, 0.25) is 0 Å². The largest absolute Gasteiger partial charge is 0.497 e. The Balaban J connectivity index is 2.68. The lowest BCUT2D eigenvalue weighted by molar-refractivity contribution is 0.415. The Kier molecular flexibility index (Phi) is 4.42. The Bertz CT molecular complexity index is 369. The van der Waals surface area contributed by atoms with Gasteiger partial charge in [0.05, 0.1) is 7.11 Å². The summed E-state index contributed by atoms with van der Waals surface area (Å²) < 4.78 is 5.08. The van der Waals surface area contributed by atoms with Crippen LogP contribution in [0.15, 0.2) is 54.6 Å². The van der Waals surface area contributed by atoms with Crippen LogP contribution in [0.25, 0.3) is 6.08 Å². The molecule has 78 valence electrons. The summed E-state index contributed by atoms with van der Waals surface area (Å²) in [5.74, 6) is 0.874. The maximum atomic E-state index is 5.08. The van der Waals surface area contributed by atoms with E-state index in [0.29, 0.717) is 0 Å². The molecule has 1 nitrogen and oxygen atoms in total. The van der Waals surface area contributed by atoms with Crippen molar-refractivity contribution in [2.45, 2.75) is 6.92 Å². The first-order valence-corrected chi connectivity index (χ1v) is 4.90. The van der Waals surface area contributed by atoms with Crippen LogP contribution in [0.1, 0.15) is 12.5 Å². The summed E-state index contributed by atoms with van der Waals surface area (Å²) in [5.41, 5.74) is 2.13. The highest BCUT2D eigenvalue weighted by molar-refractivity contribution is 5.55. The normalized spacial score (nSPS) is 11.1. The number of hydrogen-bond acceptors (Lipinski definition) is 1. The maximum absolute atomic E-state index is 5.08. The number of rotatable bonds is 4. The molecule has 0 heterocycles. The third-order valence-electron chi connectivity index (χ3n) is 1.99. The highest BCUT2D eigenvalue weighted by Gasteiger charge is 1.89. The number of allylic oxidation sites excluding steroid dienone is 4. The van der Waals surface area contributed by atoms with Crippen LogP contribution in [0.2, 0.25) is 0 Å². The average Bonchev–Trinajstić information content (AvgIpc) is 2.27. The summed E-state index contributed by atoms with van der Waals surface area (Å²) in [7, 11) is 1.67. The molecule has 0 amide bonds. The second kappa shape index (κ2) is 5.86. The van der Waals surface area contributed by atoms with Crippen molar-refractivity contribution in [2.24, 2.45) is 0 Å². The smallest absolute Gasteiger partial charge is 0.118 e. The van der Waals surface area contributed by atoms with E-state index in [-0.39, 0.29) is 0 Å². The summed E-state index contributed by atoms with van der Waals surface area (Å²) in [6.45, 7) is 5.87. The van der Waals surface area contributed by atoms with Crippen molar-refractivity contribution in [3.05, 3.63) is 60.2 Å². The minimum Gasteiger partial charge on any atom is -0.497 e. The van der Waals surface area contributed by atoms with E-state index in [1.807, 2.05) is 55.5 Å². The molecular formula is C14H16O. The number of methoxy groups -OCH3 is 1. The molecule has 0 N–H and O–H groups in total. The molecule has 0 spiro atoms. The molecule has 1 aromatic rings. The standard InChI is InChI=1S/C14H16O/c1-4-5-12(2)6-7-13-8-10-14(15-3)11-9-13/h4-11H,2H2,1,3H3. The van der Waals surface area contributed by atoms with Gasteiger partial charge >= 0.3 is 0 Å². The van der Waals surface area contributed by atoms with Gasteiger partial charge in [0, 0.05) is 0 Å². The summed E-state index contributed by atoms with van der Waals surface area (Å²) in [6.07, 6.45) is 7.96. The van der Waals surface area contributed by atoms with E-state index in [1.54, 1.807) is 7.11 Å². The molecule has 0 aliphatic rings. The van der Waals surface area contributed by atoms with Gasteiger partial charge < -0.3 is 4.74 Å². The molecule has 0 aliphatic heterocycles. The van der Waals surface area contributed by atoms with E-state index in [9.17, 15) is 0 Å². The summed E-state index contributed by atoms with van der Waals surface area (Å²) >= 11 is 0. The molecule has 0 aliphatic carbocycles. The lowest BCUT2D eigenvalue weighted by atomic mass is 10.1. The van der Waals surface area contributed by atoms with Gasteiger partial charge in [-0.1, -0.05) is 43.0 Å². The predicted molar refractivity (Wildman–Crippen MR) is 66.0 cm³/mol. The zero-order valence-corrected chi connectivity index (χ0v) is 9.23. The van der Waals surface area contributed by atoms with E-state index < -0.39 is 0 Å². The van der Waals surface area contributed by atoms with E-state index in [2.05, 4.69) is 6.58 Å². The molecule has 0 saturated carbocycles. The Labute approximate surface area is 91.4 Å². The van der Waals surface area contributed by atoms with Gasteiger partial charge in [-0.25, -0.2) is 0 Å². The first kappa shape index (κ1) is 11.3. The van der Waals surface area contributed by atoms with Gasteiger partial charge in [-0.15, -0.1) is 0 Å². The summed E-state index contributed by atoms with van der Waals surface area (Å²) in [4.78, 5) is 0. The van der Waals surface area contributed by atoms with Gasteiger partial charge in [-0.05, 0) is 30.2 Å². The van der Waals surface area contributed by atoms with Gasteiger partial charge in [-0.3, -0.25) is 0 Å². The third-order valence-corrected chi connectivity index (χ3v) is 1.99. The minimum atomic E-state index is 0.874. The highest BCUT2D eigenvalue weighted by atomic mass is 16.5. The molecule has 1 heteroatoms. The van der Waals surface area contributed by atoms with E-state index in [0.717, 1.165) is 16.9 Å². The van der Waals surface area contributed by atoms with Crippen LogP contribution in [0.3, 0.4) is 0 Å². The van der Waals surface area contributed by atoms with Crippen molar-refractivity contribution < 1.29 is 4.74 Å². The number of benzene rings is 1. The quantitative estimate of drug-likeness (QED) is 0.671. The zero-order chi connectivity index (χ0) is 11.1. The molecule has 0 unspecified atom stereocenters. The molecular weight excluding hydrogens is 184 g/mol. The molecule has 0 bridgehead atoms. The van der Waals surface area contributed by atoms with Crippen LogP contribution < -0.4 is 4.74 Å². The Morgan fingerprint density at radius 3 is 2.40 bits per heavy atom. The van der Waals surface area contributed by atoms with Gasteiger partial charge in [-0.2, -0.15) is 0 Å². The van der Waals surface area contributed by atoms with Crippen LogP contribution >= 0.6 is 0 Å². The molecule has 1 rings (SSSR count). The molecule has 0 saturated heterocycles. The lowest BCUT2D eigenvalue weighted by Gasteiger charge is -1.98. The number of hydrogen-bond donors (Lipinski definition) is 0. The monoisotopic (exact) mass is 200 g/mol. The van der Waals surface area contributed by atoms with Gasteiger partial charge in [0.25, 0.3) is 0 Å². The van der Waals surface area contributed by atoms with E-state index >= 15 is 0 Å². The zero-order valence-electron chi connectivity index (χ0n) is 9.23. The predicted octanol–water partition coefficient (Wildman–Crippen LogP) is 3.84. The fraction of sp³-hybridized carbons (Fsp3) is 0.143. The Hall–Kier alpha value is -1.76.